The van der Waals surface area contributed by atoms with E-state index in [-0.39, 0.29) is 12.5 Å². The molecule has 1 aromatic rings. The molecule has 1 rings (SSSR count). The summed E-state index contributed by atoms with van der Waals surface area (Å²) in [5.74, 6) is 1.45. The summed E-state index contributed by atoms with van der Waals surface area (Å²) in [6, 6.07) is 7.90. The Hall–Kier alpha value is -1.00. The van der Waals surface area contributed by atoms with Gasteiger partial charge in [0.05, 0.1) is 12.4 Å². The number of amides is 1. The molecule has 0 spiro atoms. The van der Waals surface area contributed by atoms with Gasteiger partial charge < -0.3 is 10.4 Å². The number of benzene rings is 1. The van der Waals surface area contributed by atoms with Crippen LogP contribution in [-0.4, -0.2) is 29.1 Å². The Morgan fingerprint density at radius 1 is 1.35 bits per heavy atom. The van der Waals surface area contributed by atoms with Crippen LogP contribution in [0.4, 0.5) is 5.69 Å². The van der Waals surface area contributed by atoms with Crippen molar-refractivity contribution in [2.75, 3.05) is 23.4 Å². The van der Waals surface area contributed by atoms with Crippen molar-refractivity contribution in [2.45, 2.75) is 19.8 Å². The number of aliphatic hydroxyl groups excluding tert-OH is 1. The Morgan fingerprint density at radius 3 is 2.53 bits per heavy atom. The first-order valence-corrected chi connectivity index (χ1v) is 6.87. The topological polar surface area (TPSA) is 49.3 Å². The van der Waals surface area contributed by atoms with Crippen molar-refractivity contribution in [3.63, 3.8) is 0 Å². The van der Waals surface area contributed by atoms with Crippen LogP contribution in [0.3, 0.4) is 0 Å². The number of aliphatic hydroxyl groups is 1. The predicted octanol–water partition coefficient (Wildman–Crippen LogP) is 2.47. The number of carbonyl (C=O) groups excluding carboxylic acids is 1. The lowest BCUT2D eigenvalue weighted by atomic mass is 10.0. The predicted molar refractivity (Wildman–Crippen MR) is 73.6 cm³/mol. The maximum absolute atomic E-state index is 11.5. The highest BCUT2D eigenvalue weighted by Gasteiger charge is 2.03. The van der Waals surface area contributed by atoms with Crippen molar-refractivity contribution >= 4 is 23.4 Å². The number of carbonyl (C=O) groups is 1. The summed E-state index contributed by atoms with van der Waals surface area (Å²) in [5.41, 5.74) is 2.08. The summed E-state index contributed by atoms with van der Waals surface area (Å²) in [5, 5.41) is 11.4. The van der Waals surface area contributed by atoms with Gasteiger partial charge in [0.25, 0.3) is 0 Å². The first kappa shape index (κ1) is 14.1. The minimum absolute atomic E-state index is 0.0271. The van der Waals surface area contributed by atoms with E-state index in [9.17, 15) is 4.79 Å². The fourth-order valence-corrected chi connectivity index (χ4v) is 1.91. The van der Waals surface area contributed by atoms with Gasteiger partial charge in [-0.1, -0.05) is 26.0 Å². The fourth-order valence-electron chi connectivity index (χ4n) is 1.38. The van der Waals surface area contributed by atoms with Crippen LogP contribution in [0.25, 0.3) is 0 Å². The lowest BCUT2D eigenvalue weighted by Gasteiger charge is -2.08. The lowest BCUT2D eigenvalue weighted by molar-refractivity contribution is -0.113. The van der Waals surface area contributed by atoms with E-state index < -0.39 is 0 Å². The van der Waals surface area contributed by atoms with Crippen LogP contribution in [0.15, 0.2) is 24.3 Å². The molecule has 0 bridgehead atoms. The van der Waals surface area contributed by atoms with Crippen LogP contribution in [0.5, 0.6) is 0 Å². The van der Waals surface area contributed by atoms with Gasteiger partial charge in [0.1, 0.15) is 0 Å². The van der Waals surface area contributed by atoms with Gasteiger partial charge in [0.15, 0.2) is 0 Å². The van der Waals surface area contributed by atoms with Gasteiger partial charge >= 0.3 is 0 Å². The number of hydrogen-bond acceptors (Lipinski definition) is 3. The SMILES string of the molecule is CC(C)c1ccc(NC(=O)CSCCO)cc1. The first-order chi connectivity index (χ1) is 8.13. The van der Waals surface area contributed by atoms with Crippen molar-refractivity contribution in [1.29, 1.82) is 0 Å². The molecule has 0 unspecified atom stereocenters. The molecule has 0 aliphatic heterocycles. The molecule has 94 valence electrons. The highest BCUT2D eigenvalue weighted by molar-refractivity contribution is 7.99. The second kappa shape index (κ2) is 7.35. The van der Waals surface area contributed by atoms with Crippen LogP contribution >= 0.6 is 11.8 Å². The van der Waals surface area contributed by atoms with Gasteiger partial charge in [-0.3, -0.25) is 4.79 Å². The summed E-state index contributed by atoms with van der Waals surface area (Å²) in [7, 11) is 0. The van der Waals surface area contributed by atoms with Crippen molar-refractivity contribution < 1.29 is 9.90 Å². The largest absolute Gasteiger partial charge is 0.396 e. The molecule has 0 saturated carbocycles. The second-order valence-corrected chi connectivity index (χ2v) is 5.21. The molecule has 0 aliphatic carbocycles. The van der Waals surface area contributed by atoms with E-state index in [4.69, 9.17) is 5.11 Å². The van der Waals surface area contributed by atoms with E-state index in [0.717, 1.165) is 5.69 Å². The standard InChI is InChI=1S/C13H19NO2S/c1-10(2)11-3-5-12(6-4-11)14-13(16)9-17-8-7-15/h3-6,10,15H,7-9H2,1-2H3,(H,14,16). The second-order valence-electron chi connectivity index (χ2n) is 4.10. The molecule has 17 heavy (non-hydrogen) atoms. The molecular formula is C13H19NO2S. The smallest absolute Gasteiger partial charge is 0.234 e. The molecular weight excluding hydrogens is 234 g/mol. The summed E-state index contributed by atoms with van der Waals surface area (Å²) < 4.78 is 0. The number of anilines is 1. The highest BCUT2D eigenvalue weighted by atomic mass is 32.2. The quantitative estimate of drug-likeness (QED) is 0.766. The average molecular weight is 253 g/mol. The zero-order valence-electron chi connectivity index (χ0n) is 10.3. The number of thioether (sulfide) groups is 1. The molecule has 1 aromatic carbocycles. The molecule has 0 heterocycles. The number of nitrogens with one attached hydrogen (secondary N) is 1. The molecule has 1 amide bonds. The van der Waals surface area contributed by atoms with Gasteiger partial charge in [-0.15, -0.1) is 11.8 Å². The molecule has 0 saturated heterocycles. The van der Waals surface area contributed by atoms with E-state index in [0.29, 0.717) is 17.4 Å². The van der Waals surface area contributed by atoms with E-state index in [1.54, 1.807) is 0 Å². The molecule has 0 atom stereocenters. The zero-order valence-corrected chi connectivity index (χ0v) is 11.1. The van der Waals surface area contributed by atoms with Gasteiger partial charge in [0.2, 0.25) is 5.91 Å². The number of rotatable bonds is 6. The van der Waals surface area contributed by atoms with Crippen LogP contribution in [0, 0.1) is 0 Å². The first-order valence-electron chi connectivity index (χ1n) is 5.72. The van der Waals surface area contributed by atoms with Crippen LogP contribution in [0.1, 0.15) is 25.3 Å². The van der Waals surface area contributed by atoms with Crippen molar-refractivity contribution in [1.82, 2.24) is 0 Å². The van der Waals surface area contributed by atoms with Gasteiger partial charge in [-0.05, 0) is 23.6 Å². The summed E-state index contributed by atoms with van der Waals surface area (Å²) >= 11 is 1.43. The van der Waals surface area contributed by atoms with Crippen LogP contribution in [-0.2, 0) is 4.79 Å². The molecule has 0 fully saturated rings. The van der Waals surface area contributed by atoms with E-state index >= 15 is 0 Å². The molecule has 2 N–H and O–H groups in total. The third-order valence-corrected chi connectivity index (χ3v) is 3.27. The Bertz CT molecular complexity index is 349. The highest BCUT2D eigenvalue weighted by Crippen LogP contribution is 2.17. The Labute approximate surface area is 107 Å². The maximum atomic E-state index is 11.5. The van der Waals surface area contributed by atoms with Crippen molar-refractivity contribution in [3.05, 3.63) is 29.8 Å². The normalized spacial score (nSPS) is 10.6. The zero-order chi connectivity index (χ0) is 12.7. The fraction of sp³-hybridized carbons (Fsp3) is 0.462. The van der Waals surface area contributed by atoms with Crippen LogP contribution < -0.4 is 5.32 Å². The minimum atomic E-state index is -0.0271. The Morgan fingerprint density at radius 2 is 2.00 bits per heavy atom. The average Bonchev–Trinajstić information content (AvgIpc) is 2.30. The van der Waals surface area contributed by atoms with Crippen LogP contribution in [0.2, 0.25) is 0 Å². The van der Waals surface area contributed by atoms with Gasteiger partial charge in [-0.25, -0.2) is 0 Å². The Kier molecular flexibility index (Phi) is 6.08. The van der Waals surface area contributed by atoms with E-state index in [1.165, 1.54) is 17.3 Å². The maximum Gasteiger partial charge on any atom is 0.234 e. The van der Waals surface area contributed by atoms with E-state index in [1.807, 2.05) is 24.3 Å². The third kappa shape index (κ3) is 5.24. The molecule has 4 heteroatoms. The minimum Gasteiger partial charge on any atom is -0.396 e. The number of hydrogen-bond donors (Lipinski definition) is 2. The monoisotopic (exact) mass is 253 g/mol. The molecule has 0 radical (unpaired) electrons. The summed E-state index contributed by atoms with van der Waals surface area (Å²) in [6.07, 6.45) is 0. The van der Waals surface area contributed by atoms with Crippen molar-refractivity contribution in [3.8, 4) is 0 Å². The van der Waals surface area contributed by atoms with Gasteiger partial charge in [-0.2, -0.15) is 0 Å². The molecule has 0 aromatic heterocycles. The van der Waals surface area contributed by atoms with E-state index in [2.05, 4.69) is 19.2 Å². The van der Waals surface area contributed by atoms with Crippen molar-refractivity contribution in [2.24, 2.45) is 0 Å². The molecule has 3 nitrogen and oxygen atoms in total. The molecule has 0 aliphatic rings. The third-order valence-electron chi connectivity index (χ3n) is 2.33. The summed E-state index contributed by atoms with van der Waals surface area (Å²) in [6.45, 7) is 4.39. The van der Waals surface area contributed by atoms with Gasteiger partial charge in [0, 0.05) is 11.4 Å². The summed E-state index contributed by atoms with van der Waals surface area (Å²) in [4.78, 5) is 11.5. The Balaban J connectivity index is 2.43. The lowest BCUT2D eigenvalue weighted by Crippen LogP contribution is -2.14.